The molecule has 1 aromatic carbocycles. The van der Waals surface area contributed by atoms with Gasteiger partial charge >= 0.3 is 0 Å². The summed E-state index contributed by atoms with van der Waals surface area (Å²) in [5.74, 6) is 1.13. The van der Waals surface area contributed by atoms with Crippen LogP contribution in [0.5, 0.6) is 0 Å². The summed E-state index contributed by atoms with van der Waals surface area (Å²) in [5.41, 5.74) is 4.99. The molecule has 2 aliphatic heterocycles. The van der Waals surface area contributed by atoms with E-state index in [1.807, 2.05) is 4.90 Å². The zero-order chi connectivity index (χ0) is 15.1. The van der Waals surface area contributed by atoms with Gasteiger partial charge in [-0.05, 0) is 24.5 Å². The van der Waals surface area contributed by atoms with Crippen molar-refractivity contribution < 1.29 is 4.79 Å². The van der Waals surface area contributed by atoms with Gasteiger partial charge in [-0.1, -0.05) is 18.2 Å². The maximum absolute atomic E-state index is 11.7. The molecule has 0 fully saturated rings. The van der Waals surface area contributed by atoms with E-state index in [1.54, 1.807) is 6.92 Å². The van der Waals surface area contributed by atoms with E-state index in [2.05, 4.69) is 39.4 Å². The summed E-state index contributed by atoms with van der Waals surface area (Å²) in [7, 11) is 0. The highest BCUT2D eigenvalue weighted by molar-refractivity contribution is 5.75. The van der Waals surface area contributed by atoms with Crippen molar-refractivity contribution in [3.63, 3.8) is 0 Å². The number of hydrogen-bond donors (Lipinski definition) is 1. The predicted octanol–water partition coefficient (Wildman–Crippen LogP) is 2.40. The highest BCUT2D eigenvalue weighted by atomic mass is 16.2. The number of rotatable bonds is 1. The summed E-state index contributed by atoms with van der Waals surface area (Å²) in [6, 6.07) is 8.54. The first-order valence-corrected chi connectivity index (χ1v) is 7.91. The van der Waals surface area contributed by atoms with Crippen LogP contribution in [0.25, 0.3) is 0 Å². The fourth-order valence-electron chi connectivity index (χ4n) is 3.53. The quantitative estimate of drug-likeness (QED) is 0.879. The molecule has 1 aromatic heterocycles. The van der Waals surface area contributed by atoms with Gasteiger partial charge in [0.05, 0.1) is 6.54 Å². The summed E-state index contributed by atoms with van der Waals surface area (Å²) >= 11 is 0. The Bertz CT molecular complexity index is 721. The number of para-hydroxylation sites is 1. The van der Waals surface area contributed by atoms with Crippen molar-refractivity contribution in [2.75, 3.05) is 18.0 Å². The second-order valence-electron chi connectivity index (χ2n) is 6.08. The third-order valence-electron chi connectivity index (χ3n) is 4.72. The molecule has 0 saturated carbocycles. The van der Waals surface area contributed by atoms with Gasteiger partial charge < -0.3 is 9.80 Å². The molecule has 0 unspecified atom stereocenters. The average Bonchev–Trinajstić information content (AvgIpc) is 2.97. The highest BCUT2D eigenvalue weighted by Crippen LogP contribution is 2.36. The molecular formula is C17H20N4O. The lowest BCUT2D eigenvalue weighted by molar-refractivity contribution is -0.129. The minimum atomic E-state index is 0.136. The monoisotopic (exact) mass is 296 g/mol. The summed E-state index contributed by atoms with van der Waals surface area (Å²) < 4.78 is 0. The van der Waals surface area contributed by atoms with Gasteiger partial charge in [-0.15, -0.1) is 0 Å². The highest BCUT2D eigenvalue weighted by Gasteiger charge is 2.28. The number of anilines is 2. The van der Waals surface area contributed by atoms with Gasteiger partial charge in [0.15, 0.2) is 5.82 Å². The lowest BCUT2D eigenvalue weighted by Crippen LogP contribution is -2.35. The number of aryl methyl sites for hydroxylation is 1. The molecular weight excluding hydrogens is 276 g/mol. The molecule has 22 heavy (non-hydrogen) atoms. The minimum Gasteiger partial charge on any atom is -0.338 e. The van der Waals surface area contributed by atoms with Crippen LogP contribution >= 0.6 is 0 Å². The number of H-pyrrole nitrogens is 1. The van der Waals surface area contributed by atoms with Gasteiger partial charge in [-0.2, -0.15) is 5.10 Å². The van der Waals surface area contributed by atoms with Crippen LogP contribution in [0, 0.1) is 0 Å². The number of hydrogen-bond acceptors (Lipinski definition) is 3. The van der Waals surface area contributed by atoms with Crippen LogP contribution < -0.4 is 4.90 Å². The molecule has 0 saturated heterocycles. The van der Waals surface area contributed by atoms with Crippen LogP contribution in [-0.2, 0) is 24.2 Å². The number of aromatic nitrogens is 2. The third-order valence-corrected chi connectivity index (χ3v) is 4.72. The smallest absolute Gasteiger partial charge is 0.219 e. The Morgan fingerprint density at radius 3 is 2.95 bits per heavy atom. The molecule has 0 bridgehead atoms. The van der Waals surface area contributed by atoms with Crippen molar-refractivity contribution in [3.05, 3.63) is 41.1 Å². The molecule has 1 N–H and O–H groups in total. The van der Waals surface area contributed by atoms with Crippen molar-refractivity contribution in [1.82, 2.24) is 15.1 Å². The standard InChI is InChI=1S/C17H20N4O/c1-12(22)20-10-8-15-14(11-20)17(19-18-15)21-9-4-6-13-5-2-3-7-16(13)21/h2-3,5,7H,4,6,8-11H2,1H3,(H,18,19). The van der Waals surface area contributed by atoms with Crippen molar-refractivity contribution in [3.8, 4) is 0 Å². The lowest BCUT2D eigenvalue weighted by Gasteiger charge is -2.32. The van der Waals surface area contributed by atoms with E-state index in [0.29, 0.717) is 6.54 Å². The maximum Gasteiger partial charge on any atom is 0.219 e. The van der Waals surface area contributed by atoms with Crippen molar-refractivity contribution in [2.45, 2.75) is 32.7 Å². The first kappa shape index (κ1) is 13.4. The maximum atomic E-state index is 11.7. The SMILES string of the molecule is CC(=O)N1CCc2[nH]nc(N3CCCc4ccccc43)c2C1. The second-order valence-corrected chi connectivity index (χ2v) is 6.08. The van der Waals surface area contributed by atoms with Gasteiger partial charge in [0.2, 0.25) is 5.91 Å². The van der Waals surface area contributed by atoms with Crippen molar-refractivity contribution in [2.24, 2.45) is 0 Å². The van der Waals surface area contributed by atoms with E-state index in [-0.39, 0.29) is 5.91 Å². The summed E-state index contributed by atoms with van der Waals surface area (Å²) in [4.78, 5) is 15.9. The Kier molecular flexibility index (Phi) is 3.13. The Labute approximate surface area is 129 Å². The van der Waals surface area contributed by atoms with Crippen LogP contribution in [0.15, 0.2) is 24.3 Å². The van der Waals surface area contributed by atoms with E-state index < -0.39 is 0 Å². The van der Waals surface area contributed by atoms with Crippen LogP contribution in [0.2, 0.25) is 0 Å². The molecule has 4 rings (SSSR count). The summed E-state index contributed by atoms with van der Waals surface area (Å²) in [6.45, 7) is 4.06. The Morgan fingerprint density at radius 2 is 2.09 bits per heavy atom. The van der Waals surface area contributed by atoms with Gasteiger partial charge in [0, 0.05) is 43.4 Å². The molecule has 5 nitrogen and oxygen atoms in total. The molecule has 0 spiro atoms. The largest absolute Gasteiger partial charge is 0.338 e. The van der Waals surface area contributed by atoms with E-state index >= 15 is 0 Å². The van der Waals surface area contributed by atoms with E-state index in [9.17, 15) is 4.79 Å². The topological polar surface area (TPSA) is 52.2 Å². The molecule has 0 radical (unpaired) electrons. The number of nitrogens with zero attached hydrogens (tertiary/aromatic N) is 3. The number of benzene rings is 1. The van der Waals surface area contributed by atoms with Crippen LogP contribution in [0.4, 0.5) is 11.5 Å². The number of amides is 1. The Hall–Kier alpha value is -2.30. The fraction of sp³-hybridized carbons (Fsp3) is 0.412. The van der Waals surface area contributed by atoms with Gasteiger partial charge in [-0.25, -0.2) is 0 Å². The van der Waals surface area contributed by atoms with E-state index in [0.717, 1.165) is 38.2 Å². The fourth-order valence-corrected chi connectivity index (χ4v) is 3.53. The van der Waals surface area contributed by atoms with Crippen LogP contribution in [0.1, 0.15) is 30.2 Å². The Balaban J connectivity index is 1.74. The molecule has 2 aliphatic rings. The molecule has 1 amide bonds. The number of fused-ring (bicyclic) bond motifs is 2. The molecule has 5 heteroatoms. The number of aromatic amines is 1. The first-order chi connectivity index (χ1) is 10.7. The minimum absolute atomic E-state index is 0.136. The molecule has 2 aromatic rings. The summed E-state index contributed by atoms with van der Waals surface area (Å²) in [6.07, 6.45) is 3.12. The molecule has 0 aliphatic carbocycles. The zero-order valence-corrected chi connectivity index (χ0v) is 12.8. The van der Waals surface area contributed by atoms with E-state index in [4.69, 9.17) is 0 Å². The zero-order valence-electron chi connectivity index (χ0n) is 12.8. The van der Waals surface area contributed by atoms with Crippen LogP contribution in [-0.4, -0.2) is 34.1 Å². The summed E-state index contributed by atoms with van der Waals surface area (Å²) in [5, 5.41) is 7.76. The number of carbonyl (C=O) groups excluding carboxylic acids is 1. The van der Waals surface area contributed by atoms with Crippen molar-refractivity contribution in [1.29, 1.82) is 0 Å². The van der Waals surface area contributed by atoms with Gasteiger partial charge in [0.25, 0.3) is 0 Å². The lowest BCUT2D eigenvalue weighted by atomic mass is 10.0. The van der Waals surface area contributed by atoms with Crippen LogP contribution in [0.3, 0.4) is 0 Å². The second kappa shape index (κ2) is 5.16. The van der Waals surface area contributed by atoms with Gasteiger partial charge in [-0.3, -0.25) is 9.89 Å². The molecule has 0 atom stereocenters. The Morgan fingerprint density at radius 1 is 1.23 bits per heavy atom. The third kappa shape index (κ3) is 2.08. The average molecular weight is 296 g/mol. The predicted molar refractivity (Wildman–Crippen MR) is 85.2 cm³/mol. The molecule has 114 valence electrons. The van der Waals surface area contributed by atoms with Gasteiger partial charge in [0.1, 0.15) is 0 Å². The normalized spacial score (nSPS) is 17.1. The van der Waals surface area contributed by atoms with E-state index in [1.165, 1.54) is 22.5 Å². The van der Waals surface area contributed by atoms with Crippen molar-refractivity contribution >= 4 is 17.4 Å². The number of nitrogens with one attached hydrogen (secondary N) is 1. The molecule has 3 heterocycles. The number of carbonyl (C=O) groups is 1. The first-order valence-electron chi connectivity index (χ1n) is 7.91.